The fourth-order valence-corrected chi connectivity index (χ4v) is 3.82. The van der Waals surface area contributed by atoms with Crippen molar-refractivity contribution in [3.8, 4) is 0 Å². The van der Waals surface area contributed by atoms with Gasteiger partial charge in [-0.15, -0.1) is 0 Å². The molecule has 0 aliphatic carbocycles. The van der Waals surface area contributed by atoms with Gasteiger partial charge in [-0.2, -0.15) is 0 Å². The molecular weight excluding hydrogens is 527 g/mol. The van der Waals surface area contributed by atoms with Crippen molar-refractivity contribution < 1.29 is 33.4 Å². The van der Waals surface area contributed by atoms with Crippen LogP contribution in [0.5, 0.6) is 0 Å². The number of H-pyrrole nitrogens is 1. The van der Waals surface area contributed by atoms with Crippen LogP contribution in [-0.4, -0.2) is 56.1 Å². The van der Waals surface area contributed by atoms with Crippen LogP contribution in [0.15, 0.2) is 82.7 Å². The number of halogens is 1. The third kappa shape index (κ3) is 7.29. The largest absolute Gasteiger partial charge is 0.506 e. The van der Waals surface area contributed by atoms with Crippen molar-refractivity contribution in [2.75, 3.05) is 13.2 Å². The minimum absolute atomic E-state index is 0.148. The first-order valence-electron chi connectivity index (χ1n) is 12.1. The number of aromatic amines is 1. The van der Waals surface area contributed by atoms with Crippen molar-refractivity contribution in [3.63, 3.8) is 0 Å². The van der Waals surface area contributed by atoms with Crippen LogP contribution in [0.25, 0.3) is 5.76 Å². The molecule has 4 rings (SSSR count). The summed E-state index contributed by atoms with van der Waals surface area (Å²) in [5.74, 6) is -3.51. The molecule has 2 aromatic heterocycles. The van der Waals surface area contributed by atoms with Crippen LogP contribution in [0, 0.1) is 5.82 Å². The fourth-order valence-electron chi connectivity index (χ4n) is 3.82. The van der Waals surface area contributed by atoms with E-state index < -0.39 is 47.0 Å². The smallest absolute Gasteiger partial charge is 0.330 e. The number of carbonyl (C=O) groups excluding carboxylic acids is 3. The Balaban J connectivity index is 1.19. The minimum atomic E-state index is -1.02. The lowest BCUT2D eigenvalue weighted by molar-refractivity contribution is -0.147. The highest BCUT2D eigenvalue weighted by Gasteiger charge is 2.23. The molecule has 0 bridgehead atoms. The Morgan fingerprint density at radius 3 is 2.62 bits per heavy atom. The number of aliphatic hydroxyl groups excluding tert-OH is 1. The molecule has 40 heavy (non-hydrogen) atoms. The molecule has 0 spiro atoms. The molecular formula is C27H25FN4O8. The van der Waals surface area contributed by atoms with E-state index >= 15 is 0 Å². The highest BCUT2D eigenvalue weighted by atomic mass is 19.1. The monoisotopic (exact) mass is 552 g/mol. The molecule has 0 saturated heterocycles. The van der Waals surface area contributed by atoms with Gasteiger partial charge in [0.2, 0.25) is 5.78 Å². The van der Waals surface area contributed by atoms with Gasteiger partial charge in [-0.1, -0.05) is 18.2 Å². The zero-order chi connectivity index (χ0) is 28.6. The van der Waals surface area contributed by atoms with Crippen molar-refractivity contribution in [3.05, 3.63) is 111 Å². The normalized spacial score (nSPS) is 16.6. The fraction of sp³-hybridized carbons (Fsp3) is 0.222. The van der Waals surface area contributed by atoms with Crippen molar-refractivity contribution in [2.24, 2.45) is 0 Å². The van der Waals surface area contributed by atoms with E-state index in [1.807, 2.05) is 0 Å². The average molecular weight is 553 g/mol. The number of benzene rings is 1. The van der Waals surface area contributed by atoms with Crippen LogP contribution in [0.2, 0.25) is 0 Å². The summed E-state index contributed by atoms with van der Waals surface area (Å²) in [6.45, 7) is -0.0301. The quantitative estimate of drug-likeness (QED) is 0.105. The summed E-state index contributed by atoms with van der Waals surface area (Å²) in [6.07, 6.45) is 5.28. The van der Waals surface area contributed by atoms with E-state index in [0.29, 0.717) is 6.54 Å². The summed E-state index contributed by atoms with van der Waals surface area (Å²) in [5.41, 5.74) is -0.136. The molecule has 0 radical (unpaired) electrons. The molecule has 1 amide bonds. The number of ether oxygens (including phenoxy) is 2. The highest BCUT2D eigenvalue weighted by Crippen LogP contribution is 2.19. The van der Waals surface area contributed by atoms with Gasteiger partial charge < -0.3 is 24.5 Å². The number of hydrogen-bond donors (Lipinski definition) is 3. The second-order valence-electron chi connectivity index (χ2n) is 8.70. The molecule has 3 aromatic rings. The number of ketones is 1. The van der Waals surface area contributed by atoms with Crippen LogP contribution in [0.3, 0.4) is 0 Å². The predicted molar refractivity (Wildman–Crippen MR) is 139 cm³/mol. The summed E-state index contributed by atoms with van der Waals surface area (Å²) in [7, 11) is 0. The molecule has 0 unspecified atom stereocenters. The van der Waals surface area contributed by atoms with Crippen molar-refractivity contribution in [1.82, 2.24) is 19.4 Å². The number of esters is 1. The predicted octanol–water partition coefficient (Wildman–Crippen LogP) is 1.20. The molecule has 12 nitrogen and oxygen atoms in total. The lowest BCUT2D eigenvalue weighted by Gasteiger charge is -2.16. The summed E-state index contributed by atoms with van der Waals surface area (Å²) in [6, 6.07) is 10.2. The van der Waals surface area contributed by atoms with Crippen LogP contribution in [0.1, 0.15) is 23.9 Å². The molecule has 13 heteroatoms. The number of carbonyl (C=O) groups is 3. The Bertz CT molecular complexity index is 1570. The lowest BCUT2D eigenvalue weighted by Crippen LogP contribution is -2.33. The number of amides is 1. The number of nitrogens with zero attached hydrogens (tertiary/aromatic N) is 2. The number of nitrogens with one attached hydrogen (secondary N) is 2. The number of rotatable bonds is 11. The second-order valence-corrected chi connectivity index (χ2v) is 8.70. The van der Waals surface area contributed by atoms with Crippen LogP contribution in [-0.2, 0) is 30.4 Å². The second kappa shape index (κ2) is 12.7. The van der Waals surface area contributed by atoms with E-state index in [2.05, 4.69) is 10.3 Å². The highest BCUT2D eigenvalue weighted by molar-refractivity contribution is 6.41. The van der Waals surface area contributed by atoms with Crippen LogP contribution in [0.4, 0.5) is 4.39 Å². The number of aliphatic hydroxyl groups is 1. The first-order valence-corrected chi connectivity index (χ1v) is 12.1. The van der Waals surface area contributed by atoms with E-state index in [1.54, 1.807) is 47.2 Å². The first-order chi connectivity index (χ1) is 19.2. The van der Waals surface area contributed by atoms with E-state index in [0.717, 1.165) is 11.6 Å². The molecule has 1 aromatic carbocycles. The Labute approximate surface area is 226 Å². The van der Waals surface area contributed by atoms with Crippen LogP contribution >= 0.6 is 0 Å². The molecule has 0 saturated carbocycles. The molecule has 0 fully saturated rings. The van der Waals surface area contributed by atoms with E-state index in [4.69, 9.17) is 9.47 Å². The Hall–Kier alpha value is -5.04. The summed E-state index contributed by atoms with van der Waals surface area (Å²) in [5, 5.41) is 12.7. The van der Waals surface area contributed by atoms with Gasteiger partial charge >= 0.3 is 11.7 Å². The van der Waals surface area contributed by atoms with Crippen molar-refractivity contribution >= 4 is 23.4 Å². The number of hydrogen-bond acceptors (Lipinski definition) is 8. The summed E-state index contributed by atoms with van der Waals surface area (Å²) < 4.78 is 26.6. The molecule has 3 heterocycles. The zero-order valence-electron chi connectivity index (χ0n) is 21.0. The Morgan fingerprint density at radius 1 is 1.10 bits per heavy atom. The maximum absolute atomic E-state index is 13.1. The first kappa shape index (κ1) is 28.0. The Kier molecular flexibility index (Phi) is 8.86. The van der Waals surface area contributed by atoms with Gasteiger partial charge in [0, 0.05) is 37.6 Å². The lowest BCUT2D eigenvalue weighted by atomic mass is 10.2. The third-order valence-corrected chi connectivity index (χ3v) is 5.80. The molecule has 2 atom stereocenters. The van der Waals surface area contributed by atoms with E-state index in [1.165, 1.54) is 29.0 Å². The third-order valence-electron chi connectivity index (χ3n) is 5.80. The number of aromatic nitrogens is 3. The van der Waals surface area contributed by atoms with Crippen molar-refractivity contribution in [2.45, 2.75) is 25.3 Å². The molecule has 3 N–H and O–H groups in total. The van der Waals surface area contributed by atoms with Gasteiger partial charge in [0.25, 0.3) is 11.5 Å². The average Bonchev–Trinajstić information content (AvgIpc) is 3.58. The molecule has 208 valence electrons. The SMILES string of the molecule is O=C(CCNC(=O)C(=O)/C=C(\O)c1cccn1Cc1ccc(F)cc1)OC[C@@H]1C=C[C@H](n2ccc(=O)[nH]c2=O)O1. The van der Waals surface area contributed by atoms with Gasteiger partial charge in [-0.05, 0) is 35.9 Å². The van der Waals surface area contributed by atoms with Gasteiger partial charge in [-0.3, -0.25) is 28.7 Å². The van der Waals surface area contributed by atoms with Gasteiger partial charge in [0.1, 0.15) is 24.3 Å². The van der Waals surface area contributed by atoms with Gasteiger partial charge in [0.05, 0.1) is 12.1 Å². The molecule has 1 aliphatic rings. The van der Waals surface area contributed by atoms with Gasteiger partial charge in [0.15, 0.2) is 6.23 Å². The van der Waals surface area contributed by atoms with Gasteiger partial charge in [-0.25, -0.2) is 9.18 Å². The standard InChI is InChI=1S/C27H25FN4O8/c28-18-5-3-17(4-6-18)15-31-12-1-2-20(31)21(33)14-22(34)26(37)29-11-9-25(36)39-16-19-7-8-24(40-19)32-13-10-23(35)30-27(32)38/h1-8,10,12-14,19,24,33H,9,11,15-16H2,(H,29,37)(H,30,35,38)/b21-14-/t19-,24+/m0/s1. The summed E-state index contributed by atoms with van der Waals surface area (Å²) in [4.78, 5) is 61.5. The molecule has 1 aliphatic heterocycles. The summed E-state index contributed by atoms with van der Waals surface area (Å²) >= 11 is 0. The van der Waals surface area contributed by atoms with E-state index in [-0.39, 0.29) is 31.1 Å². The maximum Gasteiger partial charge on any atom is 0.330 e. The van der Waals surface area contributed by atoms with Crippen LogP contribution < -0.4 is 16.6 Å². The minimum Gasteiger partial charge on any atom is -0.506 e. The zero-order valence-corrected chi connectivity index (χ0v) is 21.0. The maximum atomic E-state index is 13.1. The van der Waals surface area contributed by atoms with E-state index in [9.17, 15) is 33.5 Å². The topological polar surface area (TPSA) is 162 Å². The van der Waals surface area contributed by atoms with Crippen molar-refractivity contribution in [1.29, 1.82) is 0 Å². The Morgan fingerprint density at radius 2 is 1.88 bits per heavy atom.